The second kappa shape index (κ2) is 5.53. The lowest BCUT2D eigenvalue weighted by Crippen LogP contribution is -2.32. The first-order valence-electron chi connectivity index (χ1n) is 6.93. The zero-order valence-electron chi connectivity index (χ0n) is 11.2. The molecule has 4 heteroatoms. The van der Waals surface area contributed by atoms with E-state index in [1.807, 2.05) is 30.3 Å². The largest absolute Gasteiger partial charge is 0.378 e. The Balaban J connectivity index is 1.58. The standard InChI is InChI=1S/C15H19N3O/c1-2-19-13-8-11(9-13)10-14-16-15(18-17-14)12-6-4-3-5-7-12/h3-7,11,13H,2,8-10H2,1H3,(H,16,17,18). The highest BCUT2D eigenvalue weighted by Crippen LogP contribution is 2.32. The van der Waals surface area contributed by atoms with E-state index in [2.05, 4.69) is 22.1 Å². The van der Waals surface area contributed by atoms with E-state index in [1.54, 1.807) is 0 Å². The number of nitrogens with zero attached hydrogens (tertiary/aromatic N) is 2. The zero-order chi connectivity index (χ0) is 13.1. The Morgan fingerprint density at radius 3 is 2.79 bits per heavy atom. The molecule has 0 bridgehead atoms. The highest BCUT2D eigenvalue weighted by molar-refractivity contribution is 5.53. The van der Waals surface area contributed by atoms with E-state index >= 15 is 0 Å². The summed E-state index contributed by atoms with van der Waals surface area (Å²) in [5, 5.41) is 7.33. The Morgan fingerprint density at radius 1 is 1.26 bits per heavy atom. The maximum Gasteiger partial charge on any atom is 0.181 e. The average Bonchev–Trinajstić information content (AvgIpc) is 2.86. The molecule has 3 rings (SSSR count). The Hall–Kier alpha value is -1.68. The van der Waals surface area contributed by atoms with E-state index in [0.717, 1.165) is 43.1 Å². The second-order valence-electron chi connectivity index (χ2n) is 5.09. The third-order valence-electron chi connectivity index (χ3n) is 3.64. The molecule has 0 spiro atoms. The van der Waals surface area contributed by atoms with Crippen LogP contribution in [0.5, 0.6) is 0 Å². The maximum absolute atomic E-state index is 5.57. The summed E-state index contributed by atoms with van der Waals surface area (Å²) in [6.45, 7) is 2.87. The number of aromatic nitrogens is 3. The molecule has 1 saturated carbocycles. The number of aromatic amines is 1. The highest BCUT2D eigenvalue weighted by Gasteiger charge is 2.30. The van der Waals surface area contributed by atoms with Gasteiger partial charge in [-0.15, -0.1) is 0 Å². The van der Waals surface area contributed by atoms with Crippen molar-refractivity contribution in [3.05, 3.63) is 36.2 Å². The fraction of sp³-hybridized carbons (Fsp3) is 0.467. The molecule has 2 aromatic rings. The van der Waals surface area contributed by atoms with E-state index in [4.69, 9.17) is 4.74 Å². The Labute approximate surface area is 113 Å². The van der Waals surface area contributed by atoms with Crippen molar-refractivity contribution >= 4 is 0 Å². The van der Waals surface area contributed by atoms with Gasteiger partial charge in [-0.2, -0.15) is 5.10 Å². The van der Waals surface area contributed by atoms with Crippen LogP contribution in [0.1, 0.15) is 25.6 Å². The summed E-state index contributed by atoms with van der Waals surface area (Å²) in [5.74, 6) is 2.46. The van der Waals surface area contributed by atoms with Crippen LogP contribution in [0.3, 0.4) is 0 Å². The molecule has 100 valence electrons. The van der Waals surface area contributed by atoms with Gasteiger partial charge in [0.15, 0.2) is 5.82 Å². The number of H-pyrrole nitrogens is 1. The van der Waals surface area contributed by atoms with Crippen LogP contribution in [-0.4, -0.2) is 27.9 Å². The fourth-order valence-corrected chi connectivity index (χ4v) is 2.59. The van der Waals surface area contributed by atoms with Crippen molar-refractivity contribution in [3.8, 4) is 11.4 Å². The third-order valence-corrected chi connectivity index (χ3v) is 3.64. The summed E-state index contributed by atoms with van der Waals surface area (Å²) in [6.07, 6.45) is 3.74. The van der Waals surface area contributed by atoms with Gasteiger partial charge in [-0.1, -0.05) is 30.3 Å². The topological polar surface area (TPSA) is 50.8 Å². The molecule has 1 fully saturated rings. The molecule has 0 aliphatic heterocycles. The lowest BCUT2D eigenvalue weighted by Gasteiger charge is -2.34. The van der Waals surface area contributed by atoms with Crippen LogP contribution >= 0.6 is 0 Å². The van der Waals surface area contributed by atoms with Gasteiger partial charge in [0.25, 0.3) is 0 Å². The molecule has 0 amide bonds. The minimum atomic E-state index is 0.464. The zero-order valence-corrected chi connectivity index (χ0v) is 11.2. The predicted octanol–water partition coefficient (Wildman–Crippen LogP) is 2.83. The number of hydrogen-bond donors (Lipinski definition) is 1. The molecule has 1 aliphatic carbocycles. The van der Waals surface area contributed by atoms with Gasteiger partial charge in [-0.05, 0) is 25.7 Å². The van der Waals surface area contributed by atoms with Crippen LogP contribution in [0.15, 0.2) is 30.3 Å². The molecule has 0 saturated heterocycles. The average molecular weight is 257 g/mol. The van der Waals surface area contributed by atoms with Gasteiger partial charge in [0, 0.05) is 18.6 Å². The first-order valence-corrected chi connectivity index (χ1v) is 6.93. The van der Waals surface area contributed by atoms with E-state index in [0.29, 0.717) is 12.0 Å². The Kier molecular flexibility index (Phi) is 3.60. The van der Waals surface area contributed by atoms with Crippen LogP contribution < -0.4 is 0 Å². The molecule has 1 aromatic carbocycles. The number of nitrogens with one attached hydrogen (secondary N) is 1. The molecule has 4 nitrogen and oxygen atoms in total. The van der Waals surface area contributed by atoms with E-state index in [1.165, 1.54) is 0 Å². The maximum atomic E-state index is 5.57. The van der Waals surface area contributed by atoms with Crippen molar-refractivity contribution in [2.75, 3.05) is 6.61 Å². The van der Waals surface area contributed by atoms with Crippen LogP contribution in [0.25, 0.3) is 11.4 Å². The van der Waals surface area contributed by atoms with Crippen molar-refractivity contribution in [2.45, 2.75) is 32.3 Å². The number of ether oxygens (including phenoxy) is 1. The van der Waals surface area contributed by atoms with Gasteiger partial charge in [-0.25, -0.2) is 4.98 Å². The Morgan fingerprint density at radius 2 is 2.05 bits per heavy atom. The van der Waals surface area contributed by atoms with Crippen LogP contribution in [0.2, 0.25) is 0 Å². The summed E-state index contributed by atoms with van der Waals surface area (Å²) in [4.78, 5) is 4.57. The summed E-state index contributed by atoms with van der Waals surface area (Å²) in [5.41, 5.74) is 1.06. The monoisotopic (exact) mass is 257 g/mol. The van der Waals surface area contributed by atoms with E-state index in [9.17, 15) is 0 Å². The number of hydrogen-bond acceptors (Lipinski definition) is 3. The molecule has 1 aromatic heterocycles. The first kappa shape index (κ1) is 12.4. The van der Waals surface area contributed by atoms with Gasteiger partial charge in [0.05, 0.1) is 6.10 Å². The van der Waals surface area contributed by atoms with Gasteiger partial charge in [0.1, 0.15) is 5.82 Å². The Bertz CT molecular complexity index is 517. The van der Waals surface area contributed by atoms with Crippen molar-refractivity contribution in [2.24, 2.45) is 5.92 Å². The lowest BCUT2D eigenvalue weighted by atomic mass is 9.80. The summed E-state index contributed by atoms with van der Waals surface area (Å²) in [6, 6.07) is 10.1. The third kappa shape index (κ3) is 2.84. The molecule has 19 heavy (non-hydrogen) atoms. The van der Waals surface area contributed by atoms with Crippen LogP contribution in [0.4, 0.5) is 0 Å². The summed E-state index contributed by atoms with van der Waals surface area (Å²) >= 11 is 0. The lowest BCUT2D eigenvalue weighted by molar-refractivity contribution is -0.0245. The number of rotatable bonds is 5. The molecule has 1 aliphatic rings. The highest BCUT2D eigenvalue weighted by atomic mass is 16.5. The van der Waals surface area contributed by atoms with Gasteiger partial charge >= 0.3 is 0 Å². The molecular formula is C15H19N3O. The summed E-state index contributed by atoms with van der Waals surface area (Å²) in [7, 11) is 0. The molecular weight excluding hydrogens is 238 g/mol. The molecule has 1 heterocycles. The van der Waals surface area contributed by atoms with E-state index in [-0.39, 0.29) is 0 Å². The van der Waals surface area contributed by atoms with Crippen LogP contribution in [0, 0.1) is 5.92 Å². The van der Waals surface area contributed by atoms with Crippen molar-refractivity contribution in [1.29, 1.82) is 0 Å². The minimum absolute atomic E-state index is 0.464. The van der Waals surface area contributed by atoms with Gasteiger partial charge in [0.2, 0.25) is 0 Å². The second-order valence-corrected chi connectivity index (χ2v) is 5.09. The van der Waals surface area contributed by atoms with Crippen molar-refractivity contribution in [3.63, 3.8) is 0 Å². The normalized spacial score (nSPS) is 22.2. The van der Waals surface area contributed by atoms with Gasteiger partial charge < -0.3 is 4.74 Å². The first-order chi connectivity index (χ1) is 9.35. The number of benzene rings is 1. The predicted molar refractivity (Wildman–Crippen MR) is 73.7 cm³/mol. The molecule has 0 radical (unpaired) electrons. The van der Waals surface area contributed by atoms with E-state index < -0.39 is 0 Å². The van der Waals surface area contributed by atoms with Crippen molar-refractivity contribution < 1.29 is 4.74 Å². The molecule has 0 atom stereocenters. The fourth-order valence-electron chi connectivity index (χ4n) is 2.59. The smallest absolute Gasteiger partial charge is 0.181 e. The SMILES string of the molecule is CCOC1CC(Cc2nc(-c3ccccc3)n[nH]2)C1. The van der Waals surface area contributed by atoms with Gasteiger partial charge in [-0.3, -0.25) is 5.10 Å². The quantitative estimate of drug-likeness (QED) is 0.896. The molecule has 1 N–H and O–H groups in total. The molecule has 0 unspecified atom stereocenters. The minimum Gasteiger partial charge on any atom is -0.378 e. The van der Waals surface area contributed by atoms with Crippen LogP contribution in [-0.2, 0) is 11.2 Å². The summed E-state index contributed by atoms with van der Waals surface area (Å²) < 4.78 is 5.57. The van der Waals surface area contributed by atoms with Crippen molar-refractivity contribution in [1.82, 2.24) is 15.2 Å².